The van der Waals surface area contributed by atoms with Gasteiger partial charge in [-0.25, -0.2) is 35.9 Å². The number of alkyl halides is 2. The van der Waals surface area contributed by atoms with Crippen LogP contribution >= 0.6 is 11.6 Å². The van der Waals surface area contributed by atoms with Gasteiger partial charge < -0.3 is 10.5 Å². The summed E-state index contributed by atoms with van der Waals surface area (Å²) in [5, 5.41) is 4.95. The molecule has 0 radical (unpaired) electrons. The highest BCUT2D eigenvalue weighted by atomic mass is 35.5. The lowest BCUT2D eigenvalue weighted by Crippen LogP contribution is -2.31. The molecule has 0 bridgehead atoms. The minimum atomic E-state index is -3.84. The summed E-state index contributed by atoms with van der Waals surface area (Å²) in [6, 6.07) is 6.56. The van der Waals surface area contributed by atoms with E-state index in [4.69, 9.17) is 32.0 Å². The summed E-state index contributed by atoms with van der Waals surface area (Å²) in [7, 11) is -3.84. The number of nitrogens with one attached hydrogen (secondary N) is 1. The topological polar surface area (TPSA) is 147 Å². The molecule has 0 saturated heterocycles. The predicted octanol–water partition coefficient (Wildman–Crippen LogP) is 6.70. The monoisotopic (exact) mass is 763 g/mol. The van der Waals surface area contributed by atoms with Gasteiger partial charge in [0.2, 0.25) is 15.9 Å². The van der Waals surface area contributed by atoms with E-state index >= 15 is 0 Å². The van der Waals surface area contributed by atoms with Crippen LogP contribution in [0.4, 0.5) is 23.4 Å². The zero-order valence-electron chi connectivity index (χ0n) is 28.9. The van der Waals surface area contributed by atoms with Crippen molar-refractivity contribution in [3.63, 3.8) is 0 Å². The lowest BCUT2D eigenvalue weighted by atomic mass is 9.84. The van der Waals surface area contributed by atoms with E-state index in [0.717, 1.165) is 24.5 Å². The molecule has 0 spiro atoms. The highest BCUT2D eigenvalue weighted by Gasteiger charge is 2.36. The van der Waals surface area contributed by atoms with Crippen molar-refractivity contribution >= 4 is 49.4 Å². The summed E-state index contributed by atoms with van der Waals surface area (Å²) in [6.45, 7) is 5.69. The fourth-order valence-electron chi connectivity index (χ4n) is 6.73. The average molecular weight is 764 g/mol. The first-order valence-corrected chi connectivity index (χ1v) is 19.0. The maximum absolute atomic E-state index is 14.8. The van der Waals surface area contributed by atoms with Crippen molar-refractivity contribution in [2.45, 2.75) is 83.4 Å². The van der Waals surface area contributed by atoms with Gasteiger partial charge in [-0.3, -0.25) is 18.8 Å². The lowest BCUT2D eigenvalue weighted by Gasteiger charge is -2.28. The number of anilines is 1. The van der Waals surface area contributed by atoms with Gasteiger partial charge in [0.05, 0.1) is 58.6 Å². The van der Waals surface area contributed by atoms with Crippen LogP contribution in [0.5, 0.6) is 0 Å². The molecule has 1 atom stereocenters. The number of aryl methyl sites for hydroxylation is 1. The highest BCUT2D eigenvalue weighted by Crippen LogP contribution is 2.41. The zero-order valence-corrected chi connectivity index (χ0v) is 30.5. The van der Waals surface area contributed by atoms with Gasteiger partial charge in [-0.1, -0.05) is 11.6 Å². The van der Waals surface area contributed by atoms with Gasteiger partial charge in [0.15, 0.2) is 11.5 Å². The van der Waals surface area contributed by atoms with Gasteiger partial charge in [-0.15, -0.1) is 0 Å². The second-order valence-corrected chi connectivity index (χ2v) is 15.7. The van der Waals surface area contributed by atoms with Crippen LogP contribution in [0.3, 0.4) is 0 Å². The third-order valence-corrected chi connectivity index (χ3v) is 9.91. The number of pyridine rings is 1. The van der Waals surface area contributed by atoms with E-state index in [2.05, 4.69) is 9.82 Å². The minimum absolute atomic E-state index is 0.0335. The molecular formula is C35H38ClF4N7O4S. The van der Waals surface area contributed by atoms with Crippen molar-refractivity contribution in [2.24, 2.45) is 5.73 Å². The van der Waals surface area contributed by atoms with Crippen LogP contribution in [0.1, 0.15) is 74.1 Å². The third kappa shape index (κ3) is 7.94. The van der Waals surface area contributed by atoms with Crippen LogP contribution in [0.15, 0.2) is 41.2 Å². The number of nitrogens with two attached hydrogens (primary N) is 1. The van der Waals surface area contributed by atoms with Gasteiger partial charge in [0, 0.05) is 30.5 Å². The van der Waals surface area contributed by atoms with Crippen molar-refractivity contribution in [3.8, 4) is 5.69 Å². The number of hydrogen-bond acceptors (Lipinski definition) is 8. The molecule has 278 valence electrons. The summed E-state index contributed by atoms with van der Waals surface area (Å²) in [5.74, 6) is -4.78. The Morgan fingerprint density at radius 2 is 1.75 bits per heavy atom. The molecule has 0 amide bonds. The fraction of sp³-hybridized carbons (Fsp3) is 0.429. The Morgan fingerprint density at radius 3 is 2.38 bits per heavy atom. The Balaban J connectivity index is 1.61. The van der Waals surface area contributed by atoms with Gasteiger partial charge in [-0.05, 0) is 81.5 Å². The van der Waals surface area contributed by atoms with E-state index < -0.39 is 39.2 Å². The maximum atomic E-state index is 14.8. The Kier molecular flexibility index (Phi) is 10.4. The summed E-state index contributed by atoms with van der Waals surface area (Å²) >= 11 is 6.68. The Hall–Kier alpha value is -4.12. The van der Waals surface area contributed by atoms with Gasteiger partial charge in [0.1, 0.15) is 17.5 Å². The standard InChI is InChI=1S/C35H38ClF4N7O4S/c1-18(2)51-12-11-46-30-27(6-5-24(36)29(30)32(44-46)45-52(4,49)50)47-33(25(41)16-20-14-22(37)17-23(38)15-20)43-31-28(34(47)48)19(3)13-26(42-31)21-7-9-35(39,40)10-8-21/h5-6,13-15,17-18,21,25H,7-12,16,41H2,1-4H3,(H,44,45)/t25-/m0/s1. The maximum Gasteiger partial charge on any atom is 0.268 e. The molecule has 1 saturated carbocycles. The number of aromatic nitrogens is 5. The van der Waals surface area contributed by atoms with Crippen molar-refractivity contribution in [1.82, 2.24) is 24.3 Å². The average Bonchev–Trinajstić information content (AvgIpc) is 3.37. The van der Waals surface area contributed by atoms with Gasteiger partial charge >= 0.3 is 0 Å². The largest absolute Gasteiger partial charge is 0.377 e. The Morgan fingerprint density at radius 1 is 1.08 bits per heavy atom. The van der Waals surface area contributed by atoms with E-state index in [-0.39, 0.29) is 107 Å². The molecule has 3 aromatic heterocycles. The summed E-state index contributed by atoms with van der Waals surface area (Å²) < 4.78 is 92.2. The molecule has 17 heteroatoms. The SMILES string of the molecule is Cc1cc(C2CCC(F)(F)CC2)nc2nc([C@@H](N)Cc3cc(F)cc(F)c3)n(-c3ccc(Cl)c4c(NS(C)(=O)=O)nn(CCOC(C)C)c34)c(=O)c12. The number of nitrogens with zero attached hydrogens (tertiary/aromatic N) is 5. The summed E-state index contributed by atoms with van der Waals surface area (Å²) in [5.41, 5.74) is 7.84. The van der Waals surface area contributed by atoms with Gasteiger partial charge in [0.25, 0.3) is 5.56 Å². The normalized spacial score (nSPS) is 15.9. The number of benzene rings is 2. The predicted molar refractivity (Wildman–Crippen MR) is 191 cm³/mol. The van der Waals surface area contributed by atoms with Crippen LogP contribution in [-0.2, 0) is 27.7 Å². The van der Waals surface area contributed by atoms with E-state index in [9.17, 15) is 30.8 Å². The summed E-state index contributed by atoms with van der Waals surface area (Å²) in [6.07, 6.45) is 0.517. The highest BCUT2D eigenvalue weighted by molar-refractivity contribution is 7.92. The van der Waals surface area contributed by atoms with Crippen LogP contribution in [0, 0.1) is 18.6 Å². The zero-order chi connectivity index (χ0) is 37.7. The molecule has 52 heavy (non-hydrogen) atoms. The number of fused-ring (bicyclic) bond motifs is 2. The van der Waals surface area contributed by atoms with E-state index in [1.54, 1.807) is 19.1 Å². The molecule has 3 N–H and O–H groups in total. The number of rotatable bonds is 11. The molecule has 0 aliphatic heterocycles. The number of sulfonamides is 1. The molecule has 1 aliphatic carbocycles. The first-order chi connectivity index (χ1) is 24.4. The Bertz CT molecular complexity index is 2320. The second kappa shape index (κ2) is 14.4. The first-order valence-electron chi connectivity index (χ1n) is 16.7. The van der Waals surface area contributed by atoms with Crippen LogP contribution in [0.25, 0.3) is 27.6 Å². The van der Waals surface area contributed by atoms with Crippen molar-refractivity contribution in [1.29, 1.82) is 0 Å². The molecule has 0 unspecified atom stereocenters. The van der Waals surface area contributed by atoms with Gasteiger partial charge in [-0.2, -0.15) is 5.10 Å². The van der Waals surface area contributed by atoms with Crippen molar-refractivity contribution in [2.75, 3.05) is 17.6 Å². The third-order valence-electron chi connectivity index (χ3n) is 9.03. The molecule has 1 fully saturated rings. The molecule has 5 aromatic rings. The number of hydrogen-bond donors (Lipinski definition) is 2. The van der Waals surface area contributed by atoms with E-state index in [0.29, 0.717) is 11.3 Å². The van der Waals surface area contributed by atoms with Crippen molar-refractivity contribution < 1.29 is 30.7 Å². The molecular weight excluding hydrogens is 726 g/mol. The van der Waals surface area contributed by atoms with Crippen LogP contribution in [-0.4, -0.2) is 57.6 Å². The number of ether oxygens (including phenoxy) is 1. The van der Waals surface area contributed by atoms with E-state index in [1.165, 1.54) is 15.3 Å². The fourth-order valence-corrected chi connectivity index (χ4v) is 7.46. The first kappa shape index (κ1) is 37.6. The Labute approximate surface area is 302 Å². The molecule has 1 aliphatic rings. The van der Waals surface area contributed by atoms with Crippen LogP contribution in [0.2, 0.25) is 5.02 Å². The quantitative estimate of drug-likeness (QED) is 0.141. The molecule has 11 nitrogen and oxygen atoms in total. The second-order valence-electron chi connectivity index (χ2n) is 13.5. The molecule has 2 aromatic carbocycles. The lowest BCUT2D eigenvalue weighted by molar-refractivity contribution is -0.0384. The molecule has 3 heterocycles. The summed E-state index contributed by atoms with van der Waals surface area (Å²) in [4.78, 5) is 24.3. The van der Waals surface area contributed by atoms with E-state index in [1.807, 2.05) is 13.8 Å². The van der Waals surface area contributed by atoms with Crippen molar-refractivity contribution in [3.05, 3.63) is 86.1 Å². The van der Waals surface area contributed by atoms with Crippen LogP contribution < -0.4 is 16.0 Å². The minimum Gasteiger partial charge on any atom is -0.377 e. The molecule has 6 rings (SSSR count). The number of halogens is 5. The smallest absolute Gasteiger partial charge is 0.268 e.